The normalized spacial score (nSPS) is 29.7. The number of amides is 1. The van der Waals surface area contributed by atoms with Crippen molar-refractivity contribution in [1.82, 2.24) is 20.4 Å². The van der Waals surface area contributed by atoms with E-state index in [1.165, 1.54) is 25.7 Å². The molecule has 0 radical (unpaired) electrons. The van der Waals surface area contributed by atoms with E-state index in [9.17, 15) is 9.18 Å². The minimum absolute atomic E-state index is 0.0576. The van der Waals surface area contributed by atoms with Gasteiger partial charge in [-0.25, -0.2) is 4.39 Å². The number of likely N-dealkylation sites (tertiary alicyclic amines) is 1. The highest BCUT2D eigenvalue weighted by Crippen LogP contribution is 2.29. The van der Waals surface area contributed by atoms with Crippen LogP contribution >= 0.6 is 0 Å². The average molecular weight is 448 g/mol. The summed E-state index contributed by atoms with van der Waals surface area (Å²) in [5.74, 6) is 1.42. The van der Waals surface area contributed by atoms with Crippen molar-refractivity contribution in [3.05, 3.63) is 17.5 Å². The van der Waals surface area contributed by atoms with Crippen molar-refractivity contribution in [2.45, 2.75) is 77.0 Å². The van der Waals surface area contributed by atoms with Gasteiger partial charge in [-0.1, -0.05) is 19.8 Å². The lowest BCUT2D eigenvalue weighted by molar-refractivity contribution is 0.00840. The number of hydrogen-bond acceptors (Lipinski definition) is 6. The molecule has 7 nitrogen and oxygen atoms in total. The molecule has 178 valence electrons. The summed E-state index contributed by atoms with van der Waals surface area (Å²) >= 11 is 0. The zero-order chi connectivity index (χ0) is 22.5. The predicted octanol–water partition coefficient (Wildman–Crippen LogP) is 3.34. The number of anilines is 1. The summed E-state index contributed by atoms with van der Waals surface area (Å²) in [6, 6.07) is 0.0949. The predicted molar refractivity (Wildman–Crippen MR) is 123 cm³/mol. The Morgan fingerprint density at radius 2 is 2.06 bits per heavy atom. The van der Waals surface area contributed by atoms with Crippen molar-refractivity contribution in [3.63, 3.8) is 0 Å². The number of carbonyl (C=O) groups excluding carboxylic acids is 1. The van der Waals surface area contributed by atoms with Gasteiger partial charge in [0.15, 0.2) is 5.69 Å². The Morgan fingerprint density at radius 3 is 2.81 bits per heavy atom. The van der Waals surface area contributed by atoms with Crippen LogP contribution in [0.25, 0.3) is 0 Å². The van der Waals surface area contributed by atoms with Crippen LogP contribution in [0.3, 0.4) is 0 Å². The van der Waals surface area contributed by atoms with Crippen LogP contribution in [0.5, 0.6) is 0 Å². The lowest BCUT2D eigenvalue weighted by Gasteiger charge is -2.36. The number of nitrogens with zero attached hydrogens (tertiary/aromatic N) is 3. The van der Waals surface area contributed by atoms with Gasteiger partial charge in [-0.05, 0) is 50.9 Å². The summed E-state index contributed by atoms with van der Waals surface area (Å²) < 4.78 is 19.2. The van der Waals surface area contributed by atoms with E-state index in [1.54, 1.807) is 6.20 Å². The van der Waals surface area contributed by atoms with Crippen LogP contribution < -0.4 is 10.6 Å². The van der Waals surface area contributed by atoms with E-state index in [2.05, 4.69) is 27.8 Å². The Labute approximate surface area is 190 Å². The van der Waals surface area contributed by atoms with Crippen molar-refractivity contribution in [2.75, 3.05) is 38.2 Å². The first kappa shape index (κ1) is 23.4. The molecule has 32 heavy (non-hydrogen) atoms. The summed E-state index contributed by atoms with van der Waals surface area (Å²) in [5.41, 5.74) is 2.22. The van der Waals surface area contributed by atoms with Crippen molar-refractivity contribution in [1.29, 1.82) is 0 Å². The van der Waals surface area contributed by atoms with E-state index in [4.69, 9.17) is 4.74 Å². The minimum atomic E-state index is -0.951. The quantitative estimate of drug-likeness (QED) is 0.696. The van der Waals surface area contributed by atoms with Crippen LogP contribution in [0.1, 0.15) is 67.9 Å². The van der Waals surface area contributed by atoms with Gasteiger partial charge in [-0.2, -0.15) is 5.10 Å². The summed E-state index contributed by atoms with van der Waals surface area (Å²) in [4.78, 5) is 15.0. The maximum Gasteiger partial charge on any atom is 0.274 e. The molecule has 2 saturated heterocycles. The van der Waals surface area contributed by atoms with E-state index in [-0.39, 0.29) is 24.6 Å². The lowest BCUT2D eigenvalue weighted by atomic mass is 9.82. The molecule has 2 N–H and O–H groups in total. The Morgan fingerprint density at radius 1 is 1.25 bits per heavy atom. The number of rotatable bonds is 6. The van der Waals surface area contributed by atoms with E-state index in [0.29, 0.717) is 37.7 Å². The summed E-state index contributed by atoms with van der Waals surface area (Å²) in [5, 5.41) is 15.3. The van der Waals surface area contributed by atoms with Crippen molar-refractivity contribution in [3.8, 4) is 0 Å². The van der Waals surface area contributed by atoms with Crippen LogP contribution in [0.15, 0.2) is 6.20 Å². The molecular formula is C24H38FN5O2. The van der Waals surface area contributed by atoms with Gasteiger partial charge in [0.25, 0.3) is 5.91 Å². The second-order valence-electron chi connectivity index (χ2n) is 9.97. The van der Waals surface area contributed by atoms with Crippen molar-refractivity contribution >= 4 is 11.6 Å². The minimum Gasteiger partial charge on any atom is -0.383 e. The zero-order valence-corrected chi connectivity index (χ0v) is 19.5. The van der Waals surface area contributed by atoms with Gasteiger partial charge in [0.05, 0.1) is 18.5 Å². The number of halogens is 1. The Hall–Kier alpha value is -1.80. The third kappa shape index (κ3) is 5.76. The molecule has 3 heterocycles. The highest BCUT2D eigenvalue weighted by molar-refractivity contribution is 5.94. The summed E-state index contributed by atoms with van der Waals surface area (Å²) in [6.07, 6.45) is 8.28. The Kier molecular flexibility index (Phi) is 7.94. The fraction of sp³-hybridized carbons (Fsp3) is 0.792. The van der Waals surface area contributed by atoms with Gasteiger partial charge in [-0.15, -0.1) is 5.10 Å². The van der Waals surface area contributed by atoms with Crippen LogP contribution in [0.4, 0.5) is 10.1 Å². The molecule has 2 aliphatic heterocycles. The maximum atomic E-state index is 14.0. The lowest BCUT2D eigenvalue weighted by Crippen LogP contribution is -2.52. The zero-order valence-electron chi connectivity index (χ0n) is 19.5. The topological polar surface area (TPSA) is 79.4 Å². The number of nitrogens with one attached hydrogen (secondary N) is 2. The van der Waals surface area contributed by atoms with E-state index in [0.717, 1.165) is 36.6 Å². The van der Waals surface area contributed by atoms with Crippen LogP contribution in [0.2, 0.25) is 0 Å². The summed E-state index contributed by atoms with van der Waals surface area (Å²) in [6.45, 7) is 7.29. The number of carbonyl (C=O) groups is 1. The average Bonchev–Trinajstić information content (AvgIpc) is 2.80. The fourth-order valence-corrected chi connectivity index (χ4v) is 5.42. The summed E-state index contributed by atoms with van der Waals surface area (Å²) in [7, 11) is 0. The largest absolute Gasteiger partial charge is 0.383 e. The van der Waals surface area contributed by atoms with Gasteiger partial charge >= 0.3 is 0 Å². The monoisotopic (exact) mass is 447 g/mol. The van der Waals surface area contributed by atoms with Gasteiger partial charge < -0.3 is 20.3 Å². The molecule has 4 atom stereocenters. The second kappa shape index (κ2) is 10.9. The van der Waals surface area contributed by atoms with Gasteiger partial charge in [0.1, 0.15) is 6.17 Å². The van der Waals surface area contributed by atoms with Crippen molar-refractivity contribution < 1.29 is 13.9 Å². The maximum absolute atomic E-state index is 14.0. The molecule has 3 fully saturated rings. The molecule has 0 spiro atoms. The molecule has 1 saturated carbocycles. The number of ether oxygens (including phenoxy) is 1. The van der Waals surface area contributed by atoms with Crippen LogP contribution in [-0.2, 0) is 4.74 Å². The third-order valence-corrected chi connectivity index (χ3v) is 7.45. The highest BCUT2D eigenvalue weighted by Gasteiger charge is 2.31. The molecule has 0 bridgehead atoms. The molecule has 4 unspecified atom stereocenters. The first-order valence-corrected chi connectivity index (χ1v) is 12.3. The second-order valence-corrected chi connectivity index (χ2v) is 9.97. The molecule has 8 heteroatoms. The first-order valence-electron chi connectivity index (χ1n) is 12.3. The van der Waals surface area contributed by atoms with E-state index in [1.807, 2.05) is 11.8 Å². The first-order chi connectivity index (χ1) is 15.5. The van der Waals surface area contributed by atoms with E-state index >= 15 is 0 Å². The van der Waals surface area contributed by atoms with Crippen LogP contribution in [0, 0.1) is 18.8 Å². The highest BCUT2D eigenvalue weighted by atomic mass is 19.1. The van der Waals surface area contributed by atoms with E-state index < -0.39 is 6.17 Å². The van der Waals surface area contributed by atoms with Gasteiger partial charge in [0, 0.05) is 43.9 Å². The Balaban J connectivity index is 1.30. The smallest absolute Gasteiger partial charge is 0.274 e. The fourth-order valence-electron chi connectivity index (χ4n) is 5.42. The molecule has 3 aliphatic rings. The number of hydrogen-bond donors (Lipinski definition) is 2. The standard InChI is InChI=1S/C24H38FN5O2/c1-16-4-3-5-18(12-16)13-26-22-14-27-29-23(17(22)2)24(31)30-9-6-19(7-10-30)28-21-8-11-32-15-20(21)25/h14,16,18-21,28H,3-13,15H2,1-2H3,(H,26,29). The number of piperidine rings is 1. The van der Waals surface area contributed by atoms with Crippen LogP contribution in [-0.4, -0.2) is 72.1 Å². The third-order valence-electron chi connectivity index (χ3n) is 7.45. The molecule has 1 aliphatic carbocycles. The molecular weight excluding hydrogens is 409 g/mol. The van der Waals surface area contributed by atoms with Crippen molar-refractivity contribution in [2.24, 2.45) is 11.8 Å². The molecule has 1 aromatic rings. The Bertz CT molecular complexity index is 771. The van der Waals surface area contributed by atoms with Gasteiger partial charge in [-0.3, -0.25) is 4.79 Å². The molecule has 4 rings (SSSR count). The number of aromatic nitrogens is 2. The molecule has 1 amide bonds. The molecule has 1 aromatic heterocycles. The van der Waals surface area contributed by atoms with Gasteiger partial charge in [0.2, 0.25) is 0 Å². The SMILES string of the molecule is Cc1c(NCC2CCCC(C)C2)cnnc1C(=O)N1CCC(NC2CCOCC2F)CC1. The number of alkyl halides is 1. The molecule has 0 aromatic carbocycles.